The summed E-state index contributed by atoms with van der Waals surface area (Å²) in [6.45, 7) is 0. The van der Waals surface area contributed by atoms with Crippen LogP contribution in [0.5, 0.6) is 0 Å². The van der Waals surface area contributed by atoms with E-state index in [0.717, 1.165) is 12.1 Å². The first-order valence-corrected chi connectivity index (χ1v) is 11.3. The molecule has 1 aromatic carbocycles. The van der Waals surface area contributed by atoms with E-state index >= 15 is 0 Å². The number of carbonyl (C=O) groups excluding carboxylic acids is 1. The third-order valence-corrected chi connectivity index (χ3v) is 6.18. The van der Waals surface area contributed by atoms with Crippen LogP contribution in [0.1, 0.15) is 10.7 Å². The number of sulfone groups is 1. The average Bonchev–Trinajstić information content (AvgIpc) is 3.25. The number of aromatic nitrogens is 3. The van der Waals surface area contributed by atoms with Crippen molar-refractivity contribution in [3.63, 3.8) is 0 Å². The molecule has 0 saturated carbocycles. The van der Waals surface area contributed by atoms with Crippen LogP contribution in [0.2, 0.25) is 0 Å². The summed E-state index contributed by atoms with van der Waals surface area (Å²) in [5, 5.41) is 12.2. The molecule has 0 aliphatic rings. The van der Waals surface area contributed by atoms with Crippen molar-refractivity contribution in [1.29, 1.82) is 0 Å². The molecule has 3 rings (SSSR count). The predicted octanol–water partition coefficient (Wildman–Crippen LogP) is 2.59. The molecule has 0 radical (unpaired) electrons. The number of nitrogens with zero attached hydrogens (tertiary/aromatic N) is 2. The summed E-state index contributed by atoms with van der Waals surface area (Å²) in [7, 11) is -3.25. The first-order valence-electron chi connectivity index (χ1n) is 7.56. The van der Waals surface area contributed by atoms with Gasteiger partial charge in [0.1, 0.15) is 5.82 Å². The van der Waals surface area contributed by atoms with E-state index in [9.17, 15) is 13.2 Å². The first-order chi connectivity index (χ1) is 12.4. The largest absolute Gasteiger partial charge is 0.325 e. The molecule has 7 nitrogen and oxygen atoms in total. The van der Waals surface area contributed by atoms with Gasteiger partial charge in [-0.2, -0.15) is 0 Å². The van der Waals surface area contributed by atoms with Gasteiger partial charge in [0.05, 0.1) is 10.6 Å². The number of thioether (sulfide) groups is 1. The SMILES string of the molecule is CS(=O)(=O)c1ccc(NC(=O)CSc2n[nH]c(Cc3cccs3)n2)cc1. The predicted molar refractivity (Wildman–Crippen MR) is 102 cm³/mol. The van der Waals surface area contributed by atoms with Crippen molar-refractivity contribution >= 4 is 44.5 Å². The van der Waals surface area contributed by atoms with Crippen molar-refractivity contribution in [1.82, 2.24) is 15.2 Å². The standard InChI is InChI=1S/C16H16N4O3S3/c1-26(22,23)13-6-4-11(5-7-13)17-15(21)10-25-16-18-14(19-20-16)9-12-3-2-8-24-12/h2-8H,9-10H2,1H3,(H,17,21)(H,18,19,20). The molecule has 0 unspecified atom stereocenters. The number of nitrogens with one attached hydrogen (secondary N) is 2. The highest BCUT2D eigenvalue weighted by Gasteiger charge is 2.10. The molecule has 3 aromatic rings. The van der Waals surface area contributed by atoms with Gasteiger partial charge < -0.3 is 5.32 Å². The normalized spacial score (nSPS) is 11.4. The van der Waals surface area contributed by atoms with Crippen LogP contribution in [0.4, 0.5) is 5.69 Å². The Bertz CT molecular complexity index is 980. The summed E-state index contributed by atoms with van der Waals surface area (Å²) in [6, 6.07) is 10.1. The van der Waals surface area contributed by atoms with Crippen LogP contribution < -0.4 is 5.32 Å². The molecule has 0 atom stereocenters. The second-order valence-electron chi connectivity index (χ2n) is 5.45. The molecule has 0 spiro atoms. The summed E-state index contributed by atoms with van der Waals surface area (Å²) in [5.41, 5.74) is 0.538. The lowest BCUT2D eigenvalue weighted by Gasteiger charge is -2.05. The lowest BCUT2D eigenvalue weighted by atomic mass is 10.3. The van der Waals surface area contributed by atoms with E-state index < -0.39 is 9.84 Å². The lowest BCUT2D eigenvalue weighted by molar-refractivity contribution is -0.113. The highest BCUT2D eigenvalue weighted by molar-refractivity contribution is 7.99. The molecular weight excluding hydrogens is 392 g/mol. The van der Waals surface area contributed by atoms with Crippen LogP contribution in [0.25, 0.3) is 0 Å². The topological polar surface area (TPSA) is 105 Å². The summed E-state index contributed by atoms with van der Waals surface area (Å²) in [4.78, 5) is 17.8. The van der Waals surface area contributed by atoms with Crippen LogP contribution in [0.3, 0.4) is 0 Å². The zero-order valence-electron chi connectivity index (χ0n) is 13.8. The van der Waals surface area contributed by atoms with E-state index in [1.54, 1.807) is 23.5 Å². The summed E-state index contributed by atoms with van der Waals surface area (Å²) in [6.07, 6.45) is 1.82. The maximum atomic E-state index is 12.0. The van der Waals surface area contributed by atoms with Crippen molar-refractivity contribution in [2.75, 3.05) is 17.3 Å². The number of H-pyrrole nitrogens is 1. The fourth-order valence-corrected chi connectivity index (χ4v) is 4.07. The van der Waals surface area contributed by atoms with Gasteiger partial charge >= 0.3 is 0 Å². The summed E-state index contributed by atoms with van der Waals surface area (Å²) in [5.74, 6) is 0.697. The van der Waals surface area contributed by atoms with Crippen molar-refractivity contribution in [3.8, 4) is 0 Å². The Morgan fingerprint density at radius 2 is 2.04 bits per heavy atom. The zero-order valence-corrected chi connectivity index (χ0v) is 16.2. The number of hydrogen-bond acceptors (Lipinski definition) is 7. The molecule has 1 amide bonds. The van der Waals surface area contributed by atoms with Gasteiger partial charge in [0.15, 0.2) is 9.84 Å². The molecule has 0 aliphatic heterocycles. The highest BCUT2D eigenvalue weighted by Crippen LogP contribution is 2.18. The second-order valence-corrected chi connectivity index (χ2v) is 9.44. The van der Waals surface area contributed by atoms with Crippen molar-refractivity contribution in [2.45, 2.75) is 16.5 Å². The van der Waals surface area contributed by atoms with E-state index in [2.05, 4.69) is 20.5 Å². The molecular formula is C16H16N4O3S3. The van der Waals surface area contributed by atoms with Gasteiger partial charge in [-0.25, -0.2) is 13.4 Å². The van der Waals surface area contributed by atoms with E-state index in [-0.39, 0.29) is 16.6 Å². The van der Waals surface area contributed by atoms with Gasteiger partial charge in [0, 0.05) is 23.2 Å². The fourth-order valence-electron chi connectivity index (χ4n) is 2.11. The van der Waals surface area contributed by atoms with E-state index in [4.69, 9.17) is 0 Å². The Balaban J connectivity index is 1.50. The van der Waals surface area contributed by atoms with Crippen LogP contribution >= 0.6 is 23.1 Å². The molecule has 0 aliphatic carbocycles. The van der Waals surface area contributed by atoms with Crippen molar-refractivity contribution in [3.05, 3.63) is 52.5 Å². The Morgan fingerprint density at radius 3 is 2.69 bits per heavy atom. The maximum absolute atomic E-state index is 12.0. The first kappa shape index (κ1) is 18.6. The summed E-state index contributed by atoms with van der Waals surface area (Å²) >= 11 is 2.88. The maximum Gasteiger partial charge on any atom is 0.234 e. The van der Waals surface area contributed by atoms with E-state index in [1.807, 2.05) is 17.5 Å². The Labute approximate surface area is 159 Å². The third kappa shape index (κ3) is 5.16. The van der Waals surface area contributed by atoms with Crippen LogP contribution in [-0.4, -0.2) is 41.5 Å². The third-order valence-electron chi connectivity index (χ3n) is 3.33. The monoisotopic (exact) mass is 408 g/mol. The number of anilines is 1. The highest BCUT2D eigenvalue weighted by atomic mass is 32.2. The van der Waals surface area contributed by atoms with Crippen LogP contribution in [0.15, 0.2) is 51.8 Å². The molecule has 0 bridgehead atoms. The van der Waals surface area contributed by atoms with Gasteiger partial charge in [-0.05, 0) is 35.7 Å². The molecule has 2 heterocycles. The number of thiophene rings is 1. The van der Waals surface area contributed by atoms with Crippen LogP contribution in [-0.2, 0) is 21.1 Å². The Morgan fingerprint density at radius 1 is 1.27 bits per heavy atom. The number of hydrogen-bond donors (Lipinski definition) is 2. The minimum atomic E-state index is -3.25. The van der Waals surface area contributed by atoms with Crippen molar-refractivity contribution < 1.29 is 13.2 Å². The second kappa shape index (κ2) is 8.02. The molecule has 2 N–H and O–H groups in total. The van der Waals surface area contributed by atoms with E-state index in [1.165, 1.54) is 28.8 Å². The molecule has 0 saturated heterocycles. The summed E-state index contributed by atoms with van der Waals surface area (Å²) < 4.78 is 22.8. The fraction of sp³-hybridized carbons (Fsp3) is 0.188. The van der Waals surface area contributed by atoms with Crippen molar-refractivity contribution in [2.24, 2.45) is 0 Å². The quantitative estimate of drug-likeness (QED) is 0.582. The Hall–Kier alpha value is -2.17. The number of rotatable bonds is 7. The smallest absolute Gasteiger partial charge is 0.234 e. The molecule has 10 heteroatoms. The molecule has 136 valence electrons. The zero-order chi connectivity index (χ0) is 18.6. The Kier molecular flexibility index (Phi) is 5.74. The molecule has 2 aromatic heterocycles. The number of aromatic amines is 1. The number of benzene rings is 1. The average molecular weight is 409 g/mol. The lowest BCUT2D eigenvalue weighted by Crippen LogP contribution is -2.14. The number of amides is 1. The number of carbonyl (C=O) groups is 1. The van der Waals surface area contributed by atoms with Gasteiger partial charge in [-0.3, -0.25) is 9.89 Å². The minimum Gasteiger partial charge on any atom is -0.325 e. The van der Waals surface area contributed by atoms with Gasteiger partial charge in [0.2, 0.25) is 11.1 Å². The van der Waals surface area contributed by atoms with Gasteiger partial charge in [0.25, 0.3) is 0 Å². The van der Waals surface area contributed by atoms with E-state index in [0.29, 0.717) is 17.3 Å². The minimum absolute atomic E-state index is 0.157. The van der Waals surface area contributed by atoms with Crippen LogP contribution in [0, 0.1) is 0 Å². The van der Waals surface area contributed by atoms with Gasteiger partial charge in [-0.1, -0.05) is 17.8 Å². The molecule has 26 heavy (non-hydrogen) atoms. The van der Waals surface area contributed by atoms with Gasteiger partial charge in [-0.15, -0.1) is 16.4 Å². The molecule has 0 fully saturated rings.